The quantitative estimate of drug-likeness (QED) is 0.542. The third-order valence-electron chi connectivity index (χ3n) is 5.84. The van der Waals surface area contributed by atoms with Gasteiger partial charge in [0.25, 0.3) is 0 Å². The number of piperazine rings is 1. The lowest BCUT2D eigenvalue weighted by molar-refractivity contribution is 0.174. The van der Waals surface area contributed by atoms with E-state index in [2.05, 4.69) is 36.9 Å². The van der Waals surface area contributed by atoms with E-state index in [4.69, 9.17) is 21.1 Å². The molecule has 0 spiro atoms. The Bertz CT molecular complexity index is 1250. The van der Waals surface area contributed by atoms with Crippen LogP contribution in [0, 0.1) is 0 Å². The summed E-state index contributed by atoms with van der Waals surface area (Å²) >= 11 is 6.19. The van der Waals surface area contributed by atoms with Gasteiger partial charge in [-0.3, -0.25) is 4.90 Å². The van der Waals surface area contributed by atoms with E-state index in [1.54, 1.807) is 6.33 Å². The van der Waals surface area contributed by atoms with Crippen LogP contribution < -0.4 is 14.4 Å². The number of fused-ring (bicyclic) bond motifs is 4. The fraction of sp³-hybridized carbons (Fsp3) is 0.273. The summed E-state index contributed by atoms with van der Waals surface area (Å²) in [6, 6.07) is 12.0. The van der Waals surface area contributed by atoms with Crippen LogP contribution >= 0.6 is 11.6 Å². The molecule has 0 amide bonds. The molecule has 1 N–H and O–H groups in total. The van der Waals surface area contributed by atoms with Crippen molar-refractivity contribution >= 4 is 39.4 Å². The summed E-state index contributed by atoms with van der Waals surface area (Å²) in [6.45, 7) is 4.96. The molecule has 0 saturated carbocycles. The minimum Gasteiger partial charge on any atom is -0.454 e. The largest absolute Gasteiger partial charge is 0.454 e. The maximum atomic E-state index is 6.19. The molecule has 4 heterocycles. The van der Waals surface area contributed by atoms with E-state index < -0.39 is 0 Å². The van der Waals surface area contributed by atoms with Crippen LogP contribution in [0.2, 0.25) is 5.02 Å². The van der Waals surface area contributed by atoms with Crippen LogP contribution in [-0.2, 0) is 6.54 Å². The first-order valence-electron chi connectivity index (χ1n) is 10.0. The van der Waals surface area contributed by atoms with Crippen molar-refractivity contribution in [2.24, 2.45) is 0 Å². The van der Waals surface area contributed by atoms with Crippen molar-refractivity contribution in [2.75, 3.05) is 37.9 Å². The van der Waals surface area contributed by atoms with E-state index in [1.807, 2.05) is 24.3 Å². The Hall–Kier alpha value is -3.03. The van der Waals surface area contributed by atoms with Gasteiger partial charge in [0.2, 0.25) is 6.79 Å². The second kappa shape index (κ2) is 7.04. The van der Waals surface area contributed by atoms with Gasteiger partial charge in [0.05, 0.1) is 0 Å². The standard InChI is InChI=1S/C22H20ClN5O2/c23-15-2-3-17-16(10-15)20-21(26-17)22(25-12-24-20)28-7-5-27(6-8-28)11-14-1-4-18-19(9-14)30-13-29-18/h1-4,9-10,12,26H,5-8,11,13H2. The fourth-order valence-corrected chi connectivity index (χ4v) is 4.48. The summed E-state index contributed by atoms with van der Waals surface area (Å²) in [5.74, 6) is 2.62. The number of nitrogens with one attached hydrogen (secondary N) is 1. The van der Waals surface area contributed by atoms with E-state index in [0.29, 0.717) is 11.8 Å². The Labute approximate surface area is 178 Å². The number of aromatic amines is 1. The molecule has 30 heavy (non-hydrogen) atoms. The van der Waals surface area contributed by atoms with Crippen LogP contribution in [0.3, 0.4) is 0 Å². The zero-order valence-electron chi connectivity index (χ0n) is 16.3. The van der Waals surface area contributed by atoms with Gasteiger partial charge in [-0.25, -0.2) is 9.97 Å². The number of rotatable bonds is 3. The highest BCUT2D eigenvalue weighted by molar-refractivity contribution is 6.31. The molecule has 1 saturated heterocycles. The Balaban J connectivity index is 1.21. The third kappa shape index (κ3) is 3.02. The van der Waals surface area contributed by atoms with Gasteiger partial charge in [-0.2, -0.15) is 0 Å². The number of hydrogen-bond donors (Lipinski definition) is 1. The lowest BCUT2D eigenvalue weighted by atomic mass is 10.1. The first kappa shape index (κ1) is 17.8. The maximum absolute atomic E-state index is 6.19. The molecule has 0 radical (unpaired) electrons. The van der Waals surface area contributed by atoms with Crippen molar-refractivity contribution in [1.29, 1.82) is 0 Å². The molecule has 0 bridgehead atoms. The van der Waals surface area contributed by atoms with E-state index >= 15 is 0 Å². The molecule has 1 fully saturated rings. The zero-order chi connectivity index (χ0) is 20.1. The minimum absolute atomic E-state index is 0.310. The van der Waals surface area contributed by atoms with E-state index in [9.17, 15) is 0 Å². The first-order valence-corrected chi connectivity index (χ1v) is 10.4. The number of hydrogen-bond acceptors (Lipinski definition) is 6. The van der Waals surface area contributed by atoms with Crippen LogP contribution in [0.5, 0.6) is 11.5 Å². The summed E-state index contributed by atoms with van der Waals surface area (Å²) in [4.78, 5) is 17.4. The normalized spacial score (nSPS) is 16.6. The van der Waals surface area contributed by atoms with Gasteiger partial charge in [-0.1, -0.05) is 17.7 Å². The predicted octanol–water partition coefficient (Wildman–Crippen LogP) is 3.82. The van der Waals surface area contributed by atoms with Crippen molar-refractivity contribution in [3.63, 3.8) is 0 Å². The summed E-state index contributed by atoms with van der Waals surface area (Å²) in [7, 11) is 0. The van der Waals surface area contributed by atoms with E-state index in [-0.39, 0.29) is 0 Å². The maximum Gasteiger partial charge on any atom is 0.231 e. The number of anilines is 1. The lowest BCUT2D eigenvalue weighted by Crippen LogP contribution is -2.46. The molecule has 152 valence electrons. The Morgan fingerprint density at radius 2 is 1.83 bits per heavy atom. The fourth-order valence-electron chi connectivity index (χ4n) is 4.31. The van der Waals surface area contributed by atoms with E-state index in [0.717, 1.165) is 72.0 Å². The highest BCUT2D eigenvalue weighted by Crippen LogP contribution is 2.33. The van der Waals surface area contributed by atoms with Gasteiger partial charge in [0, 0.05) is 48.6 Å². The van der Waals surface area contributed by atoms with Crippen molar-refractivity contribution < 1.29 is 9.47 Å². The Kier molecular flexibility index (Phi) is 4.17. The van der Waals surface area contributed by atoms with Crippen LogP contribution in [0.15, 0.2) is 42.7 Å². The summed E-state index contributed by atoms with van der Waals surface area (Å²) in [6.07, 6.45) is 1.64. The Morgan fingerprint density at radius 1 is 0.967 bits per heavy atom. The molecular formula is C22H20ClN5O2. The molecule has 2 aromatic carbocycles. The molecule has 7 nitrogen and oxygen atoms in total. The molecule has 2 aromatic heterocycles. The van der Waals surface area contributed by atoms with Crippen molar-refractivity contribution in [1.82, 2.24) is 19.9 Å². The molecule has 0 unspecified atom stereocenters. The second-order valence-electron chi connectivity index (χ2n) is 7.69. The SMILES string of the molecule is Clc1ccc2[nH]c3c(N4CCN(Cc5ccc6c(c5)OCO6)CC4)ncnc3c2c1. The molecule has 2 aliphatic rings. The molecule has 4 aromatic rings. The highest BCUT2D eigenvalue weighted by Gasteiger charge is 2.22. The van der Waals surface area contributed by atoms with Gasteiger partial charge in [0.1, 0.15) is 17.4 Å². The van der Waals surface area contributed by atoms with Gasteiger partial charge in [-0.05, 0) is 35.9 Å². The number of ether oxygens (including phenoxy) is 2. The number of halogens is 1. The molecule has 2 aliphatic heterocycles. The summed E-state index contributed by atoms with van der Waals surface area (Å²) in [5, 5.41) is 1.74. The van der Waals surface area contributed by atoms with Crippen LogP contribution in [0.4, 0.5) is 5.82 Å². The average molecular weight is 422 g/mol. The number of benzene rings is 2. The van der Waals surface area contributed by atoms with Gasteiger partial charge in [-0.15, -0.1) is 0 Å². The molecule has 8 heteroatoms. The average Bonchev–Trinajstić information content (AvgIpc) is 3.38. The van der Waals surface area contributed by atoms with Gasteiger partial charge in [0.15, 0.2) is 17.3 Å². The van der Waals surface area contributed by atoms with Crippen molar-refractivity contribution in [3.8, 4) is 11.5 Å². The van der Waals surface area contributed by atoms with E-state index in [1.165, 1.54) is 5.56 Å². The highest BCUT2D eigenvalue weighted by atomic mass is 35.5. The third-order valence-corrected chi connectivity index (χ3v) is 6.07. The summed E-state index contributed by atoms with van der Waals surface area (Å²) < 4.78 is 10.9. The monoisotopic (exact) mass is 421 g/mol. The van der Waals surface area contributed by atoms with Crippen LogP contribution in [-0.4, -0.2) is 52.8 Å². The molecular weight excluding hydrogens is 402 g/mol. The second-order valence-corrected chi connectivity index (χ2v) is 8.12. The van der Waals surface area contributed by atoms with Crippen LogP contribution in [0.25, 0.3) is 21.9 Å². The number of H-pyrrole nitrogens is 1. The first-order chi connectivity index (χ1) is 14.7. The van der Waals surface area contributed by atoms with Crippen molar-refractivity contribution in [3.05, 3.63) is 53.3 Å². The lowest BCUT2D eigenvalue weighted by Gasteiger charge is -2.35. The zero-order valence-corrected chi connectivity index (χ0v) is 17.0. The predicted molar refractivity (Wildman–Crippen MR) is 116 cm³/mol. The van der Waals surface area contributed by atoms with Crippen LogP contribution in [0.1, 0.15) is 5.56 Å². The summed E-state index contributed by atoms with van der Waals surface area (Å²) in [5.41, 5.74) is 4.15. The topological polar surface area (TPSA) is 66.5 Å². The molecule has 6 rings (SSSR count). The smallest absolute Gasteiger partial charge is 0.231 e. The molecule has 0 atom stereocenters. The van der Waals surface area contributed by atoms with Crippen molar-refractivity contribution in [2.45, 2.75) is 6.54 Å². The van der Waals surface area contributed by atoms with Gasteiger partial charge >= 0.3 is 0 Å². The Morgan fingerprint density at radius 3 is 2.73 bits per heavy atom. The van der Waals surface area contributed by atoms with Gasteiger partial charge < -0.3 is 19.4 Å². The number of aromatic nitrogens is 3. The number of nitrogens with zero attached hydrogens (tertiary/aromatic N) is 4. The molecule has 0 aliphatic carbocycles. The minimum atomic E-state index is 0.310.